The van der Waals surface area contributed by atoms with E-state index in [-0.39, 0.29) is 5.91 Å². The summed E-state index contributed by atoms with van der Waals surface area (Å²) < 4.78 is 2.12. The number of rotatable bonds is 5. The van der Waals surface area contributed by atoms with Gasteiger partial charge in [0, 0.05) is 37.1 Å². The zero-order valence-corrected chi connectivity index (χ0v) is 15.1. The van der Waals surface area contributed by atoms with Gasteiger partial charge in [0.2, 0.25) is 0 Å². The van der Waals surface area contributed by atoms with Crippen molar-refractivity contribution in [3.63, 3.8) is 0 Å². The number of hydrogen-bond acceptors (Lipinski definition) is 3. The number of carbonyl (C=O) groups is 1. The third kappa shape index (κ3) is 3.72. The number of fused-ring (bicyclic) bond motifs is 1. The first kappa shape index (κ1) is 17.0. The van der Waals surface area contributed by atoms with E-state index in [1.165, 1.54) is 5.56 Å². The molecule has 134 valence electrons. The lowest BCUT2D eigenvalue weighted by Crippen LogP contribution is -2.11. The summed E-state index contributed by atoms with van der Waals surface area (Å²) >= 11 is 0. The van der Waals surface area contributed by atoms with Crippen LogP contribution in [0.2, 0.25) is 0 Å². The van der Waals surface area contributed by atoms with Crippen LogP contribution in [0.3, 0.4) is 0 Å². The van der Waals surface area contributed by atoms with Gasteiger partial charge in [-0.2, -0.15) is 0 Å². The second kappa shape index (κ2) is 7.41. The third-order valence-corrected chi connectivity index (χ3v) is 4.65. The zero-order chi connectivity index (χ0) is 18.6. The van der Waals surface area contributed by atoms with Crippen LogP contribution in [0.1, 0.15) is 21.7 Å². The van der Waals surface area contributed by atoms with Gasteiger partial charge in [0.1, 0.15) is 5.82 Å². The Balaban J connectivity index is 1.53. The monoisotopic (exact) mass is 356 g/mol. The normalized spacial score (nSPS) is 10.9. The van der Waals surface area contributed by atoms with E-state index >= 15 is 0 Å². The van der Waals surface area contributed by atoms with Gasteiger partial charge in [-0.15, -0.1) is 0 Å². The fourth-order valence-corrected chi connectivity index (χ4v) is 3.16. The fourth-order valence-electron chi connectivity index (χ4n) is 3.16. The lowest BCUT2D eigenvalue weighted by atomic mass is 10.1. The van der Waals surface area contributed by atoms with Crippen molar-refractivity contribution < 1.29 is 4.79 Å². The number of nitrogens with zero attached hydrogens (tertiary/aromatic N) is 3. The van der Waals surface area contributed by atoms with Crippen LogP contribution in [0, 0.1) is 0 Å². The molecule has 2 aromatic heterocycles. The van der Waals surface area contributed by atoms with Crippen LogP contribution < -0.4 is 5.32 Å². The van der Waals surface area contributed by atoms with E-state index in [1.54, 1.807) is 24.5 Å². The summed E-state index contributed by atoms with van der Waals surface area (Å²) in [6.45, 7) is 0. The smallest absolute Gasteiger partial charge is 0.255 e. The number of benzene rings is 2. The van der Waals surface area contributed by atoms with Gasteiger partial charge >= 0.3 is 0 Å². The maximum atomic E-state index is 12.3. The molecule has 2 heterocycles. The number of aromatic nitrogens is 3. The van der Waals surface area contributed by atoms with E-state index in [4.69, 9.17) is 4.98 Å². The molecule has 0 aliphatic heterocycles. The van der Waals surface area contributed by atoms with Crippen LogP contribution in [-0.4, -0.2) is 20.4 Å². The number of carbonyl (C=O) groups excluding carboxylic acids is 1. The molecule has 0 saturated heterocycles. The summed E-state index contributed by atoms with van der Waals surface area (Å²) in [5, 5.41) is 2.92. The highest BCUT2D eigenvalue weighted by Crippen LogP contribution is 2.21. The van der Waals surface area contributed by atoms with E-state index < -0.39 is 0 Å². The molecular formula is C22H20N4O. The average Bonchev–Trinajstić information content (AvgIpc) is 3.03. The Bertz CT molecular complexity index is 1070. The Hall–Kier alpha value is -3.47. The number of hydrogen-bond donors (Lipinski definition) is 1. The van der Waals surface area contributed by atoms with Crippen molar-refractivity contribution in [1.29, 1.82) is 0 Å². The number of anilines is 1. The van der Waals surface area contributed by atoms with Crippen molar-refractivity contribution >= 4 is 22.6 Å². The van der Waals surface area contributed by atoms with Gasteiger partial charge in [-0.3, -0.25) is 9.78 Å². The van der Waals surface area contributed by atoms with Gasteiger partial charge in [0.05, 0.1) is 11.0 Å². The van der Waals surface area contributed by atoms with Gasteiger partial charge in [-0.25, -0.2) is 4.98 Å². The fraction of sp³-hybridized carbons (Fsp3) is 0.136. The van der Waals surface area contributed by atoms with Crippen molar-refractivity contribution in [2.75, 3.05) is 5.32 Å². The Kier molecular flexibility index (Phi) is 4.66. The van der Waals surface area contributed by atoms with Crippen LogP contribution in [0.15, 0.2) is 73.1 Å². The molecule has 0 aliphatic carbocycles. The van der Waals surface area contributed by atoms with Crippen LogP contribution in [0.4, 0.5) is 5.69 Å². The summed E-state index contributed by atoms with van der Waals surface area (Å²) in [5.41, 5.74) is 4.55. The predicted octanol–water partition coefficient (Wildman–Crippen LogP) is 4.01. The molecule has 1 amide bonds. The van der Waals surface area contributed by atoms with Crippen LogP contribution in [0.25, 0.3) is 11.0 Å². The summed E-state index contributed by atoms with van der Waals surface area (Å²) in [5.74, 6) is 0.878. The molecule has 0 bridgehead atoms. The van der Waals surface area contributed by atoms with E-state index in [1.807, 2.05) is 31.3 Å². The van der Waals surface area contributed by atoms with E-state index in [0.717, 1.165) is 35.4 Å². The highest BCUT2D eigenvalue weighted by atomic mass is 16.1. The quantitative estimate of drug-likeness (QED) is 0.588. The van der Waals surface area contributed by atoms with Gasteiger partial charge in [0.25, 0.3) is 5.91 Å². The number of nitrogens with one attached hydrogen (secondary N) is 1. The molecule has 0 aliphatic rings. The Morgan fingerprint density at radius 3 is 2.56 bits per heavy atom. The second-order valence-corrected chi connectivity index (χ2v) is 6.47. The molecule has 1 N–H and O–H groups in total. The van der Waals surface area contributed by atoms with E-state index in [2.05, 4.69) is 39.1 Å². The summed E-state index contributed by atoms with van der Waals surface area (Å²) in [7, 11) is 2.03. The van der Waals surface area contributed by atoms with E-state index in [9.17, 15) is 4.79 Å². The topological polar surface area (TPSA) is 59.8 Å². The average molecular weight is 356 g/mol. The molecular weight excluding hydrogens is 336 g/mol. The van der Waals surface area contributed by atoms with Gasteiger partial charge in [-0.05, 0) is 42.3 Å². The lowest BCUT2D eigenvalue weighted by Gasteiger charge is -2.05. The molecule has 0 unspecified atom stereocenters. The summed E-state index contributed by atoms with van der Waals surface area (Å²) in [4.78, 5) is 21.0. The van der Waals surface area contributed by atoms with Crippen molar-refractivity contribution in [2.24, 2.45) is 7.05 Å². The molecule has 5 heteroatoms. The number of imidazole rings is 1. The predicted molar refractivity (Wildman–Crippen MR) is 107 cm³/mol. The van der Waals surface area contributed by atoms with Crippen molar-refractivity contribution in [3.05, 3.63) is 90.0 Å². The number of amides is 1. The summed E-state index contributed by atoms with van der Waals surface area (Å²) in [6.07, 6.45) is 5.03. The highest BCUT2D eigenvalue weighted by Gasteiger charge is 2.10. The molecule has 0 atom stereocenters. The SMILES string of the molecule is Cn1c(CCc2ccccc2)nc2cc(NC(=O)c3ccncc3)ccc21. The molecule has 4 rings (SSSR count). The molecule has 0 radical (unpaired) electrons. The Morgan fingerprint density at radius 2 is 1.78 bits per heavy atom. The first-order valence-corrected chi connectivity index (χ1v) is 8.91. The largest absolute Gasteiger partial charge is 0.331 e. The van der Waals surface area contributed by atoms with Gasteiger partial charge < -0.3 is 9.88 Å². The van der Waals surface area contributed by atoms with Gasteiger partial charge in [0.15, 0.2) is 0 Å². The second-order valence-electron chi connectivity index (χ2n) is 6.47. The molecule has 4 aromatic rings. The van der Waals surface area contributed by atoms with Gasteiger partial charge in [-0.1, -0.05) is 30.3 Å². The molecule has 27 heavy (non-hydrogen) atoms. The highest BCUT2D eigenvalue weighted by molar-refractivity contribution is 6.04. The zero-order valence-electron chi connectivity index (χ0n) is 15.1. The van der Waals surface area contributed by atoms with Crippen LogP contribution in [-0.2, 0) is 19.9 Å². The molecule has 0 saturated carbocycles. The van der Waals surface area contributed by atoms with Crippen molar-refractivity contribution in [3.8, 4) is 0 Å². The van der Waals surface area contributed by atoms with Crippen molar-refractivity contribution in [2.45, 2.75) is 12.8 Å². The minimum Gasteiger partial charge on any atom is -0.331 e. The first-order valence-electron chi connectivity index (χ1n) is 8.91. The van der Waals surface area contributed by atoms with Crippen molar-refractivity contribution in [1.82, 2.24) is 14.5 Å². The molecule has 0 spiro atoms. The third-order valence-electron chi connectivity index (χ3n) is 4.65. The molecule has 2 aromatic carbocycles. The minimum absolute atomic E-state index is 0.156. The van der Waals surface area contributed by atoms with Crippen LogP contribution in [0.5, 0.6) is 0 Å². The lowest BCUT2D eigenvalue weighted by molar-refractivity contribution is 0.102. The first-order chi connectivity index (χ1) is 13.2. The standard InChI is InChI=1S/C22H20N4O/c1-26-20-9-8-18(24-22(27)17-11-13-23-14-12-17)15-19(20)25-21(26)10-7-16-5-3-2-4-6-16/h2-6,8-9,11-15H,7,10H2,1H3,(H,24,27). The van der Waals surface area contributed by atoms with Crippen LogP contribution >= 0.6 is 0 Å². The number of aryl methyl sites for hydroxylation is 3. The number of pyridine rings is 1. The molecule has 0 fully saturated rings. The Morgan fingerprint density at radius 1 is 1.00 bits per heavy atom. The van der Waals surface area contributed by atoms with E-state index in [0.29, 0.717) is 5.56 Å². The maximum Gasteiger partial charge on any atom is 0.255 e. The Labute approximate surface area is 157 Å². The summed E-state index contributed by atoms with van der Waals surface area (Å²) in [6, 6.07) is 19.6. The maximum absolute atomic E-state index is 12.3. The minimum atomic E-state index is -0.156. The molecule has 5 nitrogen and oxygen atoms in total.